The van der Waals surface area contributed by atoms with Gasteiger partial charge in [0.1, 0.15) is 0 Å². The molecule has 1 aliphatic heterocycles. The number of hydrogen-bond donors (Lipinski definition) is 1. The number of amides is 1. The molecular weight excluding hydrogens is 269 g/mol. The lowest BCUT2D eigenvalue weighted by atomic mass is 10.0. The maximum atomic E-state index is 11.4. The first-order valence-electron chi connectivity index (χ1n) is 4.21. The van der Waals surface area contributed by atoms with Crippen molar-refractivity contribution in [3.05, 3.63) is 0 Å². The Bertz CT molecular complexity index is 163. The minimum absolute atomic E-state index is 0.0768. The van der Waals surface area contributed by atoms with E-state index in [1.54, 1.807) is 0 Å². The highest BCUT2D eigenvalue weighted by Gasteiger charge is 2.30. The number of halogens is 1. The smallest absolute Gasteiger partial charge is 0.225 e. The fraction of sp³-hybridized carbons (Fsp3) is 0.875. The molecule has 0 aliphatic carbocycles. The van der Waals surface area contributed by atoms with Gasteiger partial charge in [0.25, 0.3) is 0 Å². The van der Waals surface area contributed by atoms with Gasteiger partial charge < -0.3 is 10.1 Å². The van der Waals surface area contributed by atoms with Crippen LogP contribution in [0.5, 0.6) is 0 Å². The van der Waals surface area contributed by atoms with Crippen molar-refractivity contribution in [1.29, 1.82) is 0 Å². The Morgan fingerprint density at radius 2 is 2.50 bits per heavy atom. The van der Waals surface area contributed by atoms with Crippen molar-refractivity contribution in [3.8, 4) is 0 Å². The molecule has 0 aromatic heterocycles. The standard InChI is InChI=1S/C8H14INO2/c1-6-7(2-5-12-6)8(11)10-4-3-9/h6-7H,2-5H2,1H3,(H,10,11). The van der Waals surface area contributed by atoms with Crippen molar-refractivity contribution in [2.75, 3.05) is 17.6 Å². The summed E-state index contributed by atoms with van der Waals surface area (Å²) in [5, 5.41) is 2.88. The number of alkyl halides is 1. The van der Waals surface area contributed by atoms with Gasteiger partial charge in [-0.1, -0.05) is 22.6 Å². The van der Waals surface area contributed by atoms with Gasteiger partial charge in [0.05, 0.1) is 12.0 Å². The van der Waals surface area contributed by atoms with Gasteiger partial charge in [-0.2, -0.15) is 0 Å². The Morgan fingerprint density at radius 3 is 3.00 bits per heavy atom. The van der Waals surface area contributed by atoms with Gasteiger partial charge in [0.15, 0.2) is 0 Å². The van der Waals surface area contributed by atoms with Crippen LogP contribution in [0.2, 0.25) is 0 Å². The molecule has 70 valence electrons. The molecule has 0 spiro atoms. The molecule has 1 heterocycles. The maximum absolute atomic E-state index is 11.4. The Labute approximate surface area is 86.4 Å². The van der Waals surface area contributed by atoms with Gasteiger partial charge in [0, 0.05) is 17.6 Å². The first-order chi connectivity index (χ1) is 5.75. The molecule has 0 radical (unpaired) electrons. The van der Waals surface area contributed by atoms with Crippen LogP contribution in [0, 0.1) is 5.92 Å². The molecule has 12 heavy (non-hydrogen) atoms. The summed E-state index contributed by atoms with van der Waals surface area (Å²) < 4.78 is 6.27. The third-order valence-corrected chi connectivity index (χ3v) is 2.65. The lowest BCUT2D eigenvalue weighted by Gasteiger charge is -2.12. The van der Waals surface area contributed by atoms with E-state index in [1.165, 1.54) is 0 Å². The summed E-state index contributed by atoms with van der Waals surface area (Å²) >= 11 is 2.24. The van der Waals surface area contributed by atoms with Gasteiger partial charge in [-0.3, -0.25) is 4.79 Å². The molecule has 1 fully saturated rings. The van der Waals surface area contributed by atoms with Crippen LogP contribution >= 0.6 is 22.6 Å². The molecule has 0 bridgehead atoms. The third kappa shape index (κ3) is 2.58. The summed E-state index contributed by atoms with van der Waals surface area (Å²) in [6, 6.07) is 0. The number of carbonyl (C=O) groups excluding carboxylic acids is 1. The van der Waals surface area contributed by atoms with Gasteiger partial charge in [-0.25, -0.2) is 0 Å². The molecule has 0 aromatic rings. The summed E-state index contributed by atoms with van der Waals surface area (Å²) in [5.41, 5.74) is 0. The number of hydrogen-bond acceptors (Lipinski definition) is 2. The quantitative estimate of drug-likeness (QED) is 0.619. The van der Waals surface area contributed by atoms with Crippen LogP contribution in [0.4, 0.5) is 0 Å². The number of rotatable bonds is 3. The van der Waals surface area contributed by atoms with E-state index >= 15 is 0 Å². The van der Waals surface area contributed by atoms with Gasteiger partial charge in [-0.05, 0) is 13.3 Å². The van der Waals surface area contributed by atoms with Crippen molar-refractivity contribution in [1.82, 2.24) is 5.32 Å². The van der Waals surface area contributed by atoms with E-state index < -0.39 is 0 Å². The van der Waals surface area contributed by atoms with Crippen LogP contribution < -0.4 is 5.32 Å². The van der Waals surface area contributed by atoms with Gasteiger partial charge in [0.2, 0.25) is 5.91 Å². The number of carbonyl (C=O) groups is 1. The minimum Gasteiger partial charge on any atom is -0.378 e. The molecule has 1 saturated heterocycles. The molecule has 1 rings (SSSR count). The maximum Gasteiger partial charge on any atom is 0.225 e. The molecule has 0 aromatic carbocycles. The third-order valence-electron chi connectivity index (χ3n) is 2.11. The van der Waals surface area contributed by atoms with Gasteiger partial charge >= 0.3 is 0 Å². The van der Waals surface area contributed by atoms with Crippen molar-refractivity contribution >= 4 is 28.5 Å². The Morgan fingerprint density at radius 1 is 1.75 bits per heavy atom. The van der Waals surface area contributed by atoms with E-state index in [9.17, 15) is 4.79 Å². The average Bonchev–Trinajstić information content (AvgIpc) is 2.47. The first kappa shape index (κ1) is 10.2. The van der Waals surface area contributed by atoms with Crippen molar-refractivity contribution in [3.63, 3.8) is 0 Å². The molecule has 2 unspecified atom stereocenters. The summed E-state index contributed by atoms with van der Waals surface area (Å²) in [4.78, 5) is 11.4. The fourth-order valence-electron chi connectivity index (χ4n) is 1.38. The van der Waals surface area contributed by atoms with E-state index in [0.29, 0.717) is 0 Å². The van der Waals surface area contributed by atoms with Crippen LogP contribution in [-0.2, 0) is 9.53 Å². The summed E-state index contributed by atoms with van der Waals surface area (Å²) in [6.45, 7) is 3.45. The second-order valence-electron chi connectivity index (χ2n) is 2.95. The van der Waals surface area contributed by atoms with Crippen LogP contribution in [0.25, 0.3) is 0 Å². The largest absolute Gasteiger partial charge is 0.378 e. The molecule has 1 aliphatic rings. The van der Waals surface area contributed by atoms with E-state index in [-0.39, 0.29) is 17.9 Å². The van der Waals surface area contributed by atoms with Gasteiger partial charge in [-0.15, -0.1) is 0 Å². The number of ether oxygens (including phenoxy) is 1. The van der Waals surface area contributed by atoms with Crippen LogP contribution in [0.3, 0.4) is 0 Å². The van der Waals surface area contributed by atoms with Crippen LogP contribution in [0.1, 0.15) is 13.3 Å². The average molecular weight is 283 g/mol. The fourth-order valence-corrected chi connectivity index (χ4v) is 1.65. The Kier molecular flexibility index (Phi) is 4.28. The normalized spacial score (nSPS) is 28.8. The summed E-state index contributed by atoms with van der Waals surface area (Å²) in [6.07, 6.45) is 0.966. The minimum atomic E-state index is 0.0768. The van der Waals surface area contributed by atoms with E-state index in [2.05, 4.69) is 27.9 Å². The first-order valence-corrected chi connectivity index (χ1v) is 5.73. The van der Waals surface area contributed by atoms with Crippen LogP contribution in [0.15, 0.2) is 0 Å². The van der Waals surface area contributed by atoms with Crippen LogP contribution in [-0.4, -0.2) is 29.6 Å². The molecule has 1 N–H and O–H groups in total. The molecule has 1 amide bonds. The molecule has 3 nitrogen and oxygen atoms in total. The Balaban J connectivity index is 2.30. The van der Waals surface area contributed by atoms with E-state index in [0.717, 1.165) is 24.0 Å². The molecular formula is C8H14INO2. The predicted molar refractivity (Wildman–Crippen MR) is 55.4 cm³/mol. The highest BCUT2D eigenvalue weighted by Crippen LogP contribution is 2.20. The van der Waals surface area contributed by atoms with Crippen molar-refractivity contribution in [2.24, 2.45) is 5.92 Å². The lowest BCUT2D eigenvalue weighted by molar-refractivity contribution is -0.126. The predicted octanol–water partition coefficient (Wildman–Crippen LogP) is 0.963. The second kappa shape index (κ2) is 5.01. The monoisotopic (exact) mass is 283 g/mol. The number of nitrogens with one attached hydrogen (secondary N) is 1. The topological polar surface area (TPSA) is 38.3 Å². The molecule has 2 atom stereocenters. The molecule has 0 saturated carbocycles. The van der Waals surface area contributed by atoms with E-state index in [1.807, 2.05) is 6.92 Å². The van der Waals surface area contributed by atoms with Crippen molar-refractivity contribution in [2.45, 2.75) is 19.4 Å². The molecule has 4 heteroatoms. The lowest BCUT2D eigenvalue weighted by Crippen LogP contribution is -2.35. The van der Waals surface area contributed by atoms with E-state index in [4.69, 9.17) is 4.74 Å². The summed E-state index contributed by atoms with van der Waals surface area (Å²) in [5.74, 6) is 0.226. The Hall–Kier alpha value is 0.160. The van der Waals surface area contributed by atoms with Crippen molar-refractivity contribution < 1.29 is 9.53 Å². The highest BCUT2D eigenvalue weighted by molar-refractivity contribution is 14.1. The highest BCUT2D eigenvalue weighted by atomic mass is 127. The zero-order valence-electron chi connectivity index (χ0n) is 7.18. The zero-order valence-corrected chi connectivity index (χ0v) is 9.34. The summed E-state index contributed by atoms with van der Waals surface area (Å²) in [7, 11) is 0. The second-order valence-corrected chi connectivity index (χ2v) is 4.03. The zero-order chi connectivity index (χ0) is 8.97. The SMILES string of the molecule is CC1OCCC1C(=O)NCCI.